The Morgan fingerprint density at radius 1 is 1.10 bits per heavy atom. The third-order valence-corrected chi connectivity index (χ3v) is 5.50. The van der Waals surface area contributed by atoms with Crippen LogP contribution in [0.2, 0.25) is 0 Å². The second-order valence-corrected chi connectivity index (χ2v) is 7.46. The smallest absolute Gasteiger partial charge is 0.234 e. The molecular weight excluding hydrogens is 384 g/mol. The van der Waals surface area contributed by atoms with E-state index in [1.54, 1.807) is 6.20 Å². The van der Waals surface area contributed by atoms with Crippen LogP contribution in [0.25, 0.3) is 0 Å². The Morgan fingerprint density at radius 3 is 2.52 bits per heavy atom. The van der Waals surface area contributed by atoms with Gasteiger partial charge >= 0.3 is 0 Å². The number of anilines is 2. The van der Waals surface area contributed by atoms with Crippen LogP contribution in [0.5, 0.6) is 0 Å². The van der Waals surface area contributed by atoms with Crippen LogP contribution >= 0.6 is 11.8 Å². The minimum absolute atomic E-state index is 0.0979. The number of amides is 1. The number of aromatic nitrogens is 4. The summed E-state index contributed by atoms with van der Waals surface area (Å²) in [5, 5.41) is 12.0. The van der Waals surface area contributed by atoms with Crippen molar-refractivity contribution in [2.75, 3.05) is 29.1 Å². The monoisotopic (exact) mass is 410 g/mol. The number of pyridine rings is 1. The first kappa shape index (κ1) is 20.9. The van der Waals surface area contributed by atoms with Gasteiger partial charge in [0.05, 0.1) is 24.2 Å². The van der Waals surface area contributed by atoms with Crippen molar-refractivity contribution in [2.45, 2.75) is 32.5 Å². The Bertz CT molecular complexity index is 922. The highest BCUT2D eigenvalue weighted by atomic mass is 32.2. The van der Waals surface area contributed by atoms with Crippen LogP contribution in [0.1, 0.15) is 25.2 Å². The number of nitrogens with one attached hydrogen (secondary N) is 1. The minimum atomic E-state index is -0.0979. The van der Waals surface area contributed by atoms with E-state index in [1.807, 2.05) is 41.8 Å². The molecule has 0 aliphatic heterocycles. The molecular formula is C21H26N6OS. The van der Waals surface area contributed by atoms with E-state index in [2.05, 4.69) is 51.4 Å². The van der Waals surface area contributed by atoms with Crippen LogP contribution in [0.4, 0.5) is 11.5 Å². The van der Waals surface area contributed by atoms with Gasteiger partial charge in [0.1, 0.15) is 11.6 Å². The van der Waals surface area contributed by atoms with Crippen molar-refractivity contribution in [3.63, 3.8) is 0 Å². The molecule has 0 aliphatic rings. The average Bonchev–Trinajstić information content (AvgIpc) is 3.09. The summed E-state index contributed by atoms with van der Waals surface area (Å²) in [5.41, 5.74) is 1.86. The van der Waals surface area contributed by atoms with Gasteiger partial charge in [-0.15, -0.1) is 10.2 Å². The van der Waals surface area contributed by atoms with E-state index < -0.39 is 0 Å². The molecule has 2 heterocycles. The predicted octanol–water partition coefficient (Wildman–Crippen LogP) is 3.61. The molecule has 3 aromatic rings. The first-order chi connectivity index (χ1) is 14.1. The van der Waals surface area contributed by atoms with E-state index >= 15 is 0 Å². The lowest BCUT2D eigenvalue weighted by Gasteiger charge is -2.19. The Kier molecular flexibility index (Phi) is 7.24. The predicted molar refractivity (Wildman–Crippen MR) is 117 cm³/mol. The fourth-order valence-corrected chi connectivity index (χ4v) is 3.72. The zero-order valence-electron chi connectivity index (χ0n) is 17.0. The van der Waals surface area contributed by atoms with Crippen LogP contribution in [0.15, 0.2) is 53.8 Å². The Hall–Kier alpha value is -2.87. The SMILES string of the molecule is CCN(CC)c1ccc(NC(=O)CSc2nnc(C)n2Cc2ccccc2)cn1. The molecule has 29 heavy (non-hydrogen) atoms. The van der Waals surface area contributed by atoms with Gasteiger partial charge in [0.25, 0.3) is 0 Å². The number of carbonyl (C=O) groups is 1. The van der Waals surface area contributed by atoms with Crippen LogP contribution < -0.4 is 10.2 Å². The van der Waals surface area contributed by atoms with Gasteiger partial charge in [-0.1, -0.05) is 42.1 Å². The zero-order chi connectivity index (χ0) is 20.6. The highest BCUT2D eigenvalue weighted by Gasteiger charge is 2.13. The zero-order valence-corrected chi connectivity index (χ0v) is 17.8. The van der Waals surface area contributed by atoms with Gasteiger partial charge in [-0.05, 0) is 38.5 Å². The molecule has 0 unspecified atom stereocenters. The van der Waals surface area contributed by atoms with Crippen LogP contribution in [-0.4, -0.2) is 44.5 Å². The summed E-state index contributed by atoms with van der Waals surface area (Å²) >= 11 is 1.38. The van der Waals surface area contributed by atoms with Gasteiger partial charge in [0.2, 0.25) is 5.91 Å². The molecule has 152 valence electrons. The van der Waals surface area contributed by atoms with Gasteiger partial charge in [-0.25, -0.2) is 4.98 Å². The molecule has 0 bridgehead atoms. The Balaban J connectivity index is 1.57. The number of nitrogens with zero attached hydrogens (tertiary/aromatic N) is 5. The lowest BCUT2D eigenvalue weighted by atomic mass is 10.2. The third-order valence-electron chi connectivity index (χ3n) is 4.54. The highest BCUT2D eigenvalue weighted by Crippen LogP contribution is 2.19. The third kappa shape index (κ3) is 5.57. The van der Waals surface area contributed by atoms with Crippen molar-refractivity contribution in [2.24, 2.45) is 0 Å². The van der Waals surface area contributed by atoms with Crippen molar-refractivity contribution in [3.05, 3.63) is 60.0 Å². The van der Waals surface area contributed by atoms with Crippen molar-refractivity contribution in [1.29, 1.82) is 0 Å². The quantitative estimate of drug-likeness (QED) is 0.543. The molecule has 0 saturated heterocycles. The number of benzene rings is 1. The lowest BCUT2D eigenvalue weighted by molar-refractivity contribution is -0.113. The number of rotatable bonds is 9. The fourth-order valence-electron chi connectivity index (χ4n) is 2.94. The highest BCUT2D eigenvalue weighted by molar-refractivity contribution is 7.99. The summed E-state index contributed by atoms with van der Waals surface area (Å²) in [4.78, 5) is 19.0. The maximum Gasteiger partial charge on any atom is 0.234 e. The van der Waals surface area contributed by atoms with Crippen molar-refractivity contribution in [1.82, 2.24) is 19.7 Å². The summed E-state index contributed by atoms with van der Waals surface area (Å²) in [5.74, 6) is 1.89. The van der Waals surface area contributed by atoms with Crippen molar-refractivity contribution >= 4 is 29.2 Å². The van der Waals surface area contributed by atoms with Crippen molar-refractivity contribution in [3.8, 4) is 0 Å². The molecule has 2 aromatic heterocycles. The fraction of sp³-hybridized carbons (Fsp3) is 0.333. The molecule has 0 saturated carbocycles. The lowest BCUT2D eigenvalue weighted by Crippen LogP contribution is -2.23. The van der Waals surface area contributed by atoms with Crippen LogP contribution in [-0.2, 0) is 11.3 Å². The van der Waals surface area contributed by atoms with E-state index in [-0.39, 0.29) is 11.7 Å². The maximum absolute atomic E-state index is 12.4. The second-order valence-electron chi connectivity index (χ2n) is 6.52. The Labute approximate surface area is 175 Å². The number of carbonyl (C=O) groups excluding carboxylic acids is 1. The summed E-state index contributed by atoms with van der Waals surface area (Å²) in [6.45, 7) is 8.58. The largest absolute Gasteiger partial charge is 0.357 e. The molecule has 3 rings (SSSR count). The van der Waals surface area contributed by atoms with E-state index in [9.17, 15) is 4.79 Å². The standard InChI is InChI=1S/C21H26N6OS/c1-4-26(5-2)19-12-11-18(13-22-19)23-20(28)15-29-21-25-24-16(3)27(21)14-17-9-7-6-8-10-17/h6-13H,4-5,14-15H2,1-3H3,(H,23,28). The summed E-state index contributed by atoms with van der Waals surface area (Å²) in [6, 6.07) is 13.9. The molecule has 0 atom stereocenters. The van der Waals surface area contributed by atoms with E-state index in [0.29, 0.717) is 12.2 Å². The van der Waals surface area contributed by atoms with Crippen LogP contribution in [0, 0.1) is 6.92 Å². The molecule has 1 aromatic carbocycles. The normalized spacial score (nSPS) is 10.7. The summed E-state index contributed by atoms with van der Waals surface area (Å²) in [7, 11) is 0. The number of thioether (sulfide) groups is 1. The molecule has 0 radical (unpaired) electrons. The maximum atomic E-state index is 12.4. The first-order valence-corrected chi connectivity index (χ1v) is 10.7. The molecule has 1 amide bonds. The van der Waals surface area contributed by atoms with Crippen molar-refractivity contribution < 1.29 is 4.79 Å². The Morgan fingerprint density at radius 2 is 1.86 bits per heavy atom. The molecule has 0 fully saturated rings. The summed E-state index contributed by atoms with van der Waals surface area (Å²) in [6.07, 6.45) is 1.69. The number of hydrogen-bond acceptors (Lipinski definition) is 6. The molecule has 0 spiro atoms. The number of aryl methyl sites for hydroxylation is 1. The van der Waals surface area contributed by atoms with Crippen LogP contribution in [0.3, 0.4) is 0 Å². The van der Waals surface area contributed by atoms with Gasteiger partial charge in [-0.2, -0.15) is 0 Å². The van der Waals surface area contributed by atoms with E-state index in [1.165, 1.54) is 17.3 Å². The van der Waals surface area contributed by atoms with Gasteiger partial charge in [0, 0.05) is 13.1 Å². The topological polar surface area (TPSA) is 75.9 Å². The molecule has 7 nitrogen and oxygen atoms in total. The second kappa shape index (κ2) is 10.1. The van der Waals surface area contributed by atoms with Gasteiger partial charge in [-0.3, -0.25) is 4.79 Å². The van der Waals surface area contributed by atoms with E-state index in [4.69, 9.17) is 0 Å². The first-order valence-electron chi connectivity index (χ1n) is 9.68. The number of hydrogen-bond donors (Lipinski definition) is 1. The molecule has 1 N–H and O–H groups in total. The van der Waals surface area contributed by atoms with E-state index in [0.717, 1.165) is 29.9 Å². The average molecular weight is 411 g/mol. The minimum Gasteiger partial charge on any atom is -0.357 e. The van der Waals surface area contributed by atoms with Gasteiger partial charge < -0.3 is 14.8 Å². The molecule has 0 aliphatic carbocycles. The summed E-state index contributed by atoms with van der Waals surface area (Å²) < 4.78 is 2.02. The van der Waals surface area contributed by atoms with Gasteiger partial charge in [0.15, 0.2) is 5.16 Å². The molecule has 8 heteroatoms.